The Balaban J connectivity index is 2.04. The van der Waals surface area contributed by atoms with Crippen LogP contribution in [0.4, 0.5) is 5.69 Å². The molecule has 1 aromatic carbocycles. The lowest BCUT2D eigenvalue weighted by atomic mass is 9.93. The van der Waals surface area contributed by atoms with Crippen molar-refractivity contribution in [1.82, 2.24) is 5.32 Å². The number of benzene rings is 1. The van der Waals surface area contributed by atoms with Gasteiger partial charge in [-0.25, -0.2) is 0 Å². The number of rotatable bonds is 2. The van der Waals surface area contributed by atoms with Gasteiger partial charge >= 0.3 is 0 Å². The van der Waals surface area contributed by atoms with E-state index in [2.05, 4.69) is 71.0 Å². The second kappa shape index (κ2) is 5.36. The molecule has 1 aromatic rings. The van der Waals surface area contributed by atoms with Crippen molar-refractivity contribution in [2.75, 3.05) is 25.0 Å². The van der Waals surface area contributed by atoms with E-state index >= 15 is 0 Å². The highest BCUT2D eigenvalue weighted by molar-refractivity contribution is 14.1. The molecule has 2 rings (SSSR count). The van der Waals surface area contributed by atoms with E-state index in [-0.39, 0.29) is 0 Å². The van der Waals surface area contributed by atoms with Crippen LogP contribution in [0.5, 0.6) is 0 Å². The fourth-order valence-corrected chi connectivity index (χ4v) is 2.82. The third kappa shape index (κ3) is 2.69. The Morgan fingerprint density at radius 1 is 1.31 bits per heavy atom. The zero-order chi connectivity index (χ0) is 11.5. The minimum Gasteiger partial charge on any atom is -0.371 e. The molecule has 1 fully saturated rings. The Kier molecular flexibility index (Phi) is 4.08. The van der Waals surface area contributed by atoms with Crippen molar-refractivity contribution in [2.24, 2.45) is 5.92 Å². The summed E-state index contributed by atoms with van der Waals surface area (Å²) in [4.78, 5) is 2.49. The third-order valence-corrected chi connectivity index (χ3v) is 4.19. The fraction of sp³-hybridized carbons (Fsp3) is 0.538. The van der Waals surface area contributed by atoms with Gasteiger partial charge in [-0.1, -0.05) is 6.92 Å². The number of halogens is 1. The zero-order valence-corrected chi connectivity index (χ0v) is 12.1. The predicted molar refractivity (Wildman–Crippen MR) is 78.0 cm³/mol. The highest BCUT2D eigenvalue weighted by Gasteiger charge is 2.24. The van der Waals surface area contributed by atoms with Crippen LogP contribution in [-0.2, 0) is 0 Å². The first kappa shape index (κ1) is 12.2. The highest BCUT2D eigenvalue weighted by Crippen LogP contribution is 2.23. The summed E-state index contributed by atoms with van der Waals surface area (Å²) in [5, 5.41) is 3.41. The van der Waals surface area contributed by atoms with Crippen molar-refractivity contribution < 1.29 is 0 Å². The first-order valence-electron chi connectivity index (χ1n) is 5.88. The molecule has 2 nitrogen and oxygen atoms in total. The molecule has 0 aromatic heterocycles. The molecule has 0 amide bonds. The summed E-state index contributed by atoms with van der Waals surface area (Å²) in [5.74, 6) is 0.720. The Morgan fingerprint density at radius 3 is 2.56 bits per heavy atom. The molecule has 2 atom stereocenters. The van der Waals surface area contributed by atoms with Crippen LogP contribution in [0.25, 0.3) is 0 Å². The first-order chi connectivity index (χ1) is 7.70. The van der Waals surface area contributed by atoms with Gasteiger partial charge in [0.25, 0.3) is 0 Å². The second-order valence-electron chi connectivity index (χ2n) is 4.58. The summed E-state index contributed by atoms with van der Waals surface area (Å²) in [6, 6.07) is 9.51. The molecular weight excluding hydrogens is 311 g/mol. The van der Waals surface area contributed by atoms with E-state index in [1.807, 2.05) is 0 Å². The van der Waals surface area contributed by atoms with E-state index in [0.29, 0.717) is 6.04 Å². The lowest BCUT2D eigenvalue weighted by molar-refractivity contribution is 0.339. The first-order valence-corrected chi connectivity index (χ1v) is 6.96. The Bertz CT molecular complexity index is 336. The van der Waals surface area contributed by atoms with Crippen molar-refractivity contribution in [2.45, 2.75) is 19.4 Å². The average Bonchev–Trinajstić information content (AvgIpc) is 2.30. The van der Waals surface area contributed by atoms with E-state index in [1.54, 1.807) is 0 Å². The maximum absolute atomic E-state index is 3.41. The quantitative estimate of drug-likeness (QED) is 0.839. The van der Waals surface area contributed by atoms with Gasteiger partial charge in [0.2, 0.25) is 0 Å². The maximum atomic E-state index is 3.41. The van der Waals surface area contributed by atoms with Gasteiger partial charge in [0.05, 0.1) is 0 Å². The van der Waals surface area contributed by atoms with E-state index in [1.165, 1.54) is 15.7 Å². The van der Waals surface area contributed by atoms with E-state index in [4.69, 9.17) is 0 Å². The molecule has 2 unspecified atom stereocenters. The van der Waals surface area contributed by atoms with Gasteiger partial charge in [-0.05, 0) is 66.2 Å². The van der Waals surface area contributed by atoms with Crippen LogP contribution in [0.3, 0.4) is 0 Å². The Morgan fingerprint density at radius 2 is 2.00 bits per heavy atom. The van der Waals surface area contributed by atoms with E-state index in [9.17, 15) is 0 Å². The normalized spacial score (nSPS) is 25.8. The van der Waals surface area contributed by atoms with Gasteiger partial charge < -0.3 is 10.2 Å². The third-order valence-electron chi connectivity index (χ3n) is 3.47. The Hall–Kier alpha value is -0.290. The SMILES string of the molecule is CNC1CCN(c2ccc(I)cc2)CC1C. The molecule has 3 heteroatoms. The summed E-state index contributed by atoms with van der Waals surface area (Å²) in [6.07, 6.45) is 1.24. The largest absolute Gasteiger partial charge is 0.371 e. The number of nitrogens with zero attached hydrogens (tertiary/aromatic N) is 1. The molecular formula is C13H19IN2. The monoisotopic (exact) mass is 330 g/mol. The molecule has 0 bridgehead atoms. The lowest BCUT2D eigenvalue weighted by Crippen LogP contribution is -2.47. The van der Waals surface area contributed by atoms with Crippen molar-refractivity contribution >= 4 is 28.3 Å². The number of hydrogen-bond acceptors (Lipinski definition) is 2. The smallest absolute Gasteiger partial charge is 0.0367 e. The molecule has 1 heterocycles. The number of anilines is 1. The van der Waals surface area contributed by atoms with Crippen molar-refractivity contribution in [1.29, 1.82) is 0 Å². The molecule has 16 heavy (non-hydrogen) atoms. The summed E-state index contributed by atoms with van der Waals surface area (Å²) < 4.78 is 1.31. The average molecular weight is 330 g/mol. The van der Waals surface area contributed by atoms with Gasteiger partial charge in [-0.3, -0.25) is 0 Å². The number of nitrogens with one attached hydrogen (secondary N) is 1. The van der Waals surface area contributed by atoms with Crippen LogP contribution in [-0.4, -0.2) is 26.2 Å². The summed E-state index contributed by atoms with van der Waals surface area (Å²) in [7, 11) is 2.07. The molecule has 1 aliphatic rings. The molecule has 1 saturated heterocycles. The van der Waals surface area contributed by atoms with Crippen molar-refractivity contribution in [3.63, 3.8) is 0 Å². The van der Waals surface area contributed by atoms with Gasteiger partial charge in [0, 0.05) is 28.4 Å². The van der Waals surface area contributed by atoms with Crippen molar-refractivity contribution in [3.8, 4) is 0 Å². The van der Waals surface area contributed by atoms with Gasteiger partial charge in [-0.2, -0.15) is 0 Å². The summed E-state index contributed by atoms with van der Waals surface area (Å²) in [6.45, 7) is 4.66. The topological polar surface area (TPSA) is 15.3 Å². The number of hydrogen-bond donors (Lipinski definition) is 1. The van der Waals surface area contributed by atoms with Gasteiger partial charge in [0.15, 0.2) is 0 Å². The van der Waals surface area contributed by atoms with Crippen LogP contribution >= 0.6 is 22.6 Å². The minimum atomic E-state index is 0.681. The molecule has 0 saturated carbocycles. The summed E-state index contributed by atoms with van der Waals surface area (Å²) in [5.41, 5.74) is 1.36. The molecule has 0 aliphatic carbocycles. The molecule has 0 spiro atoms. The van der Waals surface area contributed by atoms with Crippen LogP contribution < -0.4 is 10.2 Å². The zero-order valence-electron chi connectivity index (χ0n) is 9.91. The summed E-state index contributed by atoms with van der Waals surface area (Å²) >= 11 is 2.35. The predicted octanol–water partition coefficient (Wildman–Crippen LogP) is 2.73. The van der Waals surface area contributed by atoms with Crippen LogP contribution in [0.2, 0.25) is 0 Å². The molecule has 1 N–H and O–H groups in total. The second-order valence-corrected chi connectivity index (χ2v) is 5.83. The highest BCUT2D eigenvalue weighted by atomic mass is 127. The van der Waals surface area contributed by atoms with Crippen LogP contribution in [0.1, 0.15) is 13.3 Å². The maximum Gasteiger partial charge on any atom is 0.0367 e. The molecule has 1 aliphatic heterocycles. The number of piperidine rings is 1. The fourth-order valence-electron chi connectivity index (χ4n) is 2.46. The van der Waals surface area contributed by atoms with Crippen LogP contribution in [0.15, 0.2) is 24.3 Å². The lowest BCUT2D eigenvalue weighted by Gasteiger charge is -2.38. The minimum absolute atomic E-state index is 0.681. The molecule has 0 radical (unpaired) electrons. The standard InChI is InChI=1S/C13H19IN2/c1-10-9-16(8-7-13(10)15-2)12-5-3-11(14)4-6-12/h3-6,10,13,15H,7-9H2,1-2H3. The van der Waals surface area contributed by atoms with Gasteiger partial charge in [0.1, 0.15) is 0 Å². The molecule has 88 valence electrons. The van der Waals surface area contributed by atoms with E-state index in [0.717, 1.165) is 19.0 Å². The van der Waals surface area contributed by atoms with E-state index < -0.39 is 0 Å². The Labute approximate surface area is 112 Å². The van der Waals surface area contributed by atoms with Gasteiger partial charge in [-0.15, -0.1) is 0 Å². The van der Waals surface area contributed by atoms with Crippen LogP contribution in [0, 0.1) is 9.49 Å². The van der Waals surface area contributed by atoms with Crippen molar-refractivity contribution in [3.05, 3.63) is 27.8 Å².